The van der Waals surface area contributed by atoms with Crippen molar-refractivity contribution in [2.75, 3.05) is 19.3 Å². The monoisotopic (exact) mass is 409 g/mol. The fourth-order valence-electron chi connectivity index (χ4n) is 3.66. The van der Waals surface area contributed by atoms with Crippen molar-refractivity contribution < 1.29 is 23.1 Å². The molecule has 0 radical (unpaired) electrons. The average Bonchev–Trinajstić information content (AvgIpc) is 2.69. The Bertz CT molecular complexity index is 798. The molecule has 0 amide bonds. The van der Waals surface area contributed by atoms with Gasteiger partial charge in [-0.2, -0.15) is 13.2 Å². The third-order valence-electron chi connectivity index (χ3n) is 5.23. The number of rotatable bonds is 5. The standard InChI is InChI=1S/C21H22F3NO2S/c1-28-18-8-4-15(5-9-18)19(25-12-10-16(11-13-25)20(26)27)14-2-6-17(7-3-14)21(22,23)24/h2-9,16,19H,10-13H2,1H3,(H,26,27). The fraction of sp³-hybridized carbons (Fsp3) is 0.381. The Labute approximate surface area is 166 Å². The van der Waals surface area contributed by atoms with Gasteiger partial charge in [-0.15, -0.1) is 11.8 Å². The highest BCUT2D eigenvalue weighted by Gasteiger charge is 2.32. The highest BCUT2D eigenvalue weighted by Crippen LogP contribution is 2.35. The second kappa shape index (κ2) is 8.57. The molecule has 1 aliphatic heterocycles. The second-order valence-corrected chi connectivity index (χ2v) is 7.82. The molecule has 1 atom stereocenters. The van der Waals surface area contributed by atoms with Crippen molar-refractivity contribution in [3.63, 3.8) is 0 Å². The van der Waals surface area contributed by atoms with Crippen LogP contribution in [0, 0.1) is 5.92 Å². The number of carbonyl (C=O) groups is 1. The molecule has 1 heterocycles. The molecule has 28 heavy (non-hydrogen) atoms. The van der Waals surface area contributed by atoms with E-state index in [-0.39, 0.29) is 12.0 Å². The number of alkyl halides is 3. The van der Waals surface area contributed by atoms with Crippen molar-refractivity contribution in [1.82, 2.24) is 4.90 Å². The maximum Gasteiger partial charge on any atom is 0.416 e. The molecule has 3 nitrogen and oxygen atoms in total. The van der Waals surface area contributed by atoms with E-state index in [2.05, 4.69) is 4.90 Å². The predicted octanol–water partition coefficient (Wildman–Crippen LogP) is 5.31. The lowest BCUT2D eigenvalue weighted by atomic mass is 9.91. The topological polar surface area (TPSA) is 40.5 Å². The number of benzene rings is 2. The van der Waals surface area contributed by atoms with Crippen molar-refractivity contribution in [3.8, 4) is 0 Å². The van der Waals surface area contributed by atoms with Crippen molar-refractivity contribution >= 4 is 17.7 Å². The van der Waals surface area contributed by atoms with E-state index < -0.39 is 17.7 Å². The number of hydrogen-bond donors (Lipinski definition) is 1. The number of thioether (sulfide) groups is 1. The van der Waals surface area contributed by atoms with Gasteiger partial charge >= 0.3 is 12.1 Å². The smallest absolute Gasteiger partial charge is 0.416 e. The van der Waals surface area contributed by atoms with Crippen LogP contribution in [0.5, 0.6) is 0 Å². The molecular weight excluding hydrogens is 387 g/mol. The Hall–Kier alpha value is -1.99. The SMILES string of the molecule is CSc1ccc(C(c2ccc(C(F)(F)F)cc2)N2CCC(C(=O)O)CC2)cc1. The van der Waals surface area contributed by atoms with Gasteiger partial charge < -0.3 is 5.11 Å². The maximum absolute atomic E-state index is 12.9. The average molecular weight is 409 g/mol. The first kappa shape index (κ1) is 20.7. The summed E-state index contributed by atoms with van der Waals surface area (Å²) >= 11 is 1.62. The van der Waals surface area contributed by atoms with Crippen LogP contribution in [0.3, 0.4) is 0 Å². The molecule has 1 fully saturated rings. The molecule has 0 saturated carbocycles. The van der Waals surface area contributed by atoms with Gasteiger partial charge in [0.1, 0.15) is 0 Å². The molecule has 1 saturated heterocycles. The van der Waals surface area contributed by atoms with Gasteiger partial charge in [-0.05, 0) is 67.6 Å². The first-order valence-electron chi connectivity index (χ1n) is 9.07. The van der Waals surface area contributed by atoms with Crippen molar-refractivity contribution in [2.45, 2.75) is 30.0 Å². The van der Waals surface area contributed by atoms with Gasteiger partial charge in [0, 0.05) is 4.90 Å². The summed E-state index contributed by atoms with van der Waals surface area (Å²) < 4.78 is 38.8. The van der Waals surface area contributed by atoms with Crippen LogP contribution in [0.25, 0.3) is 0 Å². The Kier molecular flexibility index (Phi) is 6.35. The number of piperidine rings is 1. The first-order chi connectivity index (χ1) is 13.3. The highest BCUT2D eigenvalue weighted by molar-refractivity contribution is 7.98. The minimum atomic E-state index is -4.37. The summed E-state index contributed by atoms with van der Waals surface area (Å²) in [6.45, 7) is 1.18. The molecule has 0 bridgehead atoms. The van der Waals surface area contributed by atoms with E-state index >= 15 is 0 Å². The van der Waals surface area contributed by atoms with Crippen LogP contribution in [0.4, 0.5) is 13.2 Å². The molecule has 2 aromatic rings. The molecule has 3 rings (SSSR count). The molecule has 0 aliphatic carbocycles. The number of aliphatic carboxylic acids is 1. The number of nitrogens with zero attached hydrogens (tertiary/aromatic N) is 1. The minimum Gasteiger partial charge on any atom is -0.481 e. The van der Waals surface area contributed by atoms with Crippen LogP contribution in [0.15, 0.2) is 53.4 Å². The van der Waals surface area contributed by atoms with Gasteiger partial charge in [0.25, 0.3) is 0 Å². The molecule has 2 aromatic carbocycles. The van der Waals surface area contributed by atoms with Crippen LogP contribution in [-0.4, -0.2) is 35.3 Å². The van der Waals surface area contributed by atoms with E-state index in [4.69, 9.17) is 0 Å². The predicted molar refractivity (Wildman–Crippen MR) is 103 cm³/mol. The lowest BCUT2D eigenvalue weighted by Crippen LogP contribution is -2.39. The summed E-state index contributed by atoms with van der Waals surface area (Å²) in [5.41, 5.74) is 1.10. The summed E-state index contributed by atoms with van der Waals surface area (Å²) in [5.74, 6) is -1.14. The van der Waals surface area contributed by atoms with Gasteiger partial charge in [0.05, 0.1) is 17.5 Å². The first-order valence-corrected chi connectivity index (χ1v) is 10.3. The molecule has 1 unspecified atom stereocenters. The van der Waals surface area contributed by atoms with Crippen LogP contribution < -0.4 is 0 Å². The highest BCUT2D eigenvalue weighted by atomic mass is 32.2. The Morgan fingerprint density at radius 2 is 1.54 bits per heavy atom. The summed E-state index contributed by atoms with van der Waals surface area (Å²) in [6, 6.07) is 13.1. The zero-order chi connectivity index (χ0) is 20.3. The lowest BCUT2D eigenvalue weighted by Gasteiger charge is -2.37. The summed E-state index contributed by atoms with van der Waals surface area (Å²) in [7, 11) is 0. The normalized spacial score (nSPS) is 17.4. The quantitative estimate of drug-likeness (QED) is 0.679. The van der Waals surface area contributed by atoms with E-state index in [1.165, 1.54) is 12.1 Å². The Morgan fingerprint density at radius 3 is 1.96 bits per heavy atom. The van der Waals surface area contributed by atoms with Crippen molar-refractivity contribution in [1.29, 1.82) is 0 Å². The van der Waals surface area contributed by atoms with Crippen LogP contribution in [0.1, 0.15) is 35.6 Å². The summed E-state index contributed by atoms with van der Waals surface area (Å²) in [4.78, 5) is 14.5. The molecular formula is C21H22F3NO2S. The van der Waals surface area contributed by atoms with Gasteiger partial charge in [0.15, 0.2) is 0 Å². The van der Waals surface area contributed by atoms with Crippen molar-refractivity contribution in [2.24, 2.45) is 5.92 Å². The number of carboxylic acids is 1. The molecule has 0 aromatic heterocycles. The Balaban J connectivity index is 1.91. The van der Waals surface area contributed by atoms with Gasteiger partial charge in [-0.25, -0.2) is 0 Å². The number of likely N-dealkylation sites (tertiary alicyclic amines) is 1. The Morgan fingerprint density at radius 1 is 1.04 bits per heavy atom. The van der Waals surface area contributed by atoms with E-state index in [1.807, 2.05) is 30.5 Å². The molecule has 1 aliphatic rings. The van der Waals surface area contributed by atoms with Gasteiger partial charge in [-0.1, -0.05) is 24.3 Å². The number of halogens is 3. The zero-order valence-corrected chi connectivity index (χ0v) is 16.3. The largest absolute Gasteiger partial charge is 0.481 e. The fourth-order valence-corrected chi connectivity index (χ4v) is 4.07. The molecule has 1 N–H and O–H groups in total. The number of carboxylic acid groups (broad SMARTS) is 1. The molecule has 150 valence electrons. The third-order valence-corrected chi connectivity index (χ3v) is 5.97. The summed E-state index contributed by atoms with van der Waals surface area (Å²) in [6.07, 6.45) is -1.31. The van der Waals surface area contributed by atoms with Crippen molar-refractivity contribution in [3.05, 3.63) is 65.2 Å². The van der Waals surface area contributed by atoms with E-state index in [1.54, 1.807) is 11.8 Å². The summed E-state index contributed by atoms with van der Waals surface area (Å²) in [5, 5.41) is 9.23. The second-order valence-electron chi connectivity index (χ2n) is 6.94. The van der Waals surface area contributed by atoms with Gasteiger partial charge in [0.2, 0.25) is 0 Å². The minimum absolute atomic E-state index is 0.201. The maximum atomic E-state index is 12.9. The third kappa shape index (κ3) is 4.70. The van der Waals surface area contributed by atoms with Gasteiger partial charge in [-0.3, -0.25) is 9.69 Å². The van der Waals surface area contributed by atoms with E-state index in [0.29, 0.717) is 25.9 Å². The van der Waals surface area contributed by atoms with Crippen LogP contribution in [-0.2, 0) is 11.0 Å². The molecule has 0 spiro atoms. The van der Waals surface area contributed by atoms with Crippen LogP contribution >= 0.6 is 11.8 Å². The zero-order valence-electron chi connectivity index (χ0n) is 15.4. The van der Waals surface area contributed by atoms with Crippen LogP contribution in [0.2, 0.25) is 0 Å². The lowest BCUT2D eigenvalue weighted by molar-refractivity contribution is -0.143. The van der Waals surface area contributed by atoms with E-state index in [9.17, 15) is 23.1 Å². The van der Waals surface area contributed by atoms with E-state index in [0.717, 1.165) is 28.2 Å². The number of hydrogen-bond acceptors (Lipinski definition) is 3. The molecule has 7 heteroatoms.